The number of esters is 3. The number of allylic oxidation sites excluding steroid dienone is 17. The van der Waals surface area contributed by atoms with Crippen molar-refractivity contribution in [3.63, 3.8) is 0 Å². The second-order valence-electron chi connectivity index (χ2n) is 21.6. The van der Waals surface area contributed by atoms with E-state index in [1.807, 2.05) is 6.08 Å². The lowest BCUT2D eigenvalue weighted by Gasteiger charge is -2.18. The molecule has 0 radical (unpaired) electrons. The lowest BCUT2D eigenvalue weighted by atomic mass is 10.0. The van der Waals surface area contributed by atoms with Gasteiger partial charge in [-0.1, -0.05) is 316 Å². The fraction of sp³-hybridized carbons (Fsp3) is 0.708. The Kier molecular flexibility index (Phi) is 62.3. The third kappa shape index (κ3) is 62.9. The van der Waals surface area contributed by atoms with Gasteiger partial charge in [-0.15, -0.1) is 0 Å². The molecule has 0 aliphatic carbocycles. The Hall–Kier alpha value is -3.93. The number of carbonyl (C=O) groups is 3. The molecule has 0 rings (SSSR count). The van der Waals surface area contributed by atoms with Crippen molar-refractivity contribution in [1.29, 1.82) is 0 Å². The third-order valence-electron chi connectivity index (χ3n) is 14.1. The molecule has 0 aliphatic heterocycles. The second kappa shape index (κ2) is 65.6. The van der Waals surface area contributed by atoms with Crippen LogP contribution in [0.1, 0.15) is 310 Å². The Morgan fingerprint density at radius 1 is 0.282 bits per heavy atom. The van der Waals surface area contributed by atoms with E-state index in [9.17, 15) is 14.4 Å². The van der Waals surface area contributed by atoms with Crippen LogP contribution in [-0.2, 0) is 28.6 Å². The van der Waals surface area contributed by atoms with Crippen LogP contribution in [0.3, 0.4) is 0 Å². The first-order chi connectivity index (χ1) is 38.5. The van der Waals surface area contributed by atoms with Crippen LogP contribution in [0.2, 0.25) is 0 Å². The van der Waals surface area contributed by atoms with Crippen LogP contribution in [-0.4, -0.2) is 37.2 Å². The van der Waals surface area contributed by atoms with Gasteiger partial charge in [0.1, 0.15) is 13.2 Å². The normalized spacial score (nSPS) is 12.8. The first-order valence-corrected chi connectivity index (χ1v) is 32.9. The zero-order valence-electron chi connectivity index (χ0n) is 51.2. The van der Waals surface area contributed by atoms with E-state index in [2.05, 4.69) is 118 Å². The number of rotatable bonds is 59. The summed E-state index contributed by atoms with van der Waals surface area (Å²) < 4.78 is 16.8. The standard InChI is InChI=1S/C72H122O6/c1-4-7-10-13-16-19-22-25-28-30-32-33-34-35-36-37-38-40-41-44-47-50-53-56-59-62-65-71(74)77-68-69(67-76-70(73)64-61-58-55-52-49-46-43-27-24-21-18-15-12-9-6-3)78-72(75)66-63-60-57-54-51-48-45-42-39-31-29-26-23-20-17-14-11-8-5-2/h8-9,11-12,17-18,20-21,26-27,29,39,42-43,49,52,58,61,69H,4-7,10,13-16,19,22-25,28,30-38,40-41,44-48,50-51,53-57,59-60,62-68H2,1-3H3/b11-8-,12-9-,20-17-,21-18-,29-26-,42-39-,43-27-,52-49-,61-58-. The number of hydrogen-bond acceptors (Lipinski definition) is 6. The minimum atomic E-state index is -0.828. The van der Waals surface area contributed by atoms with Crippen molar-refractivity contribution < 1.29 is 28.6 Å². The molecule has 78 heavy (non-hydrogen) atoms. The van der Waals surface area contributed by atoms with Gasteiger partial charge in [0.2, 0.25) is 0 Å². The molecule has 1 atom stereocenters. The largest absolute Gasteiger partial charge is 0.462 e. The van der Waals surface area contributed by atoms with Crippen LogP contribution in [0, 0.1) is 0 Å². The van der Waals surface area contributed by atoms with Gasteiger partial charge in [0.05, 0.1) is 6.42 Å². The fourth-order valence-electron chi connectivity index (χ4n) is 9.22. The first-order valence-electron chi connectivity index (χ1n) is 32.9. The predicted octanol–water partition coefficient (Wildman–Crippen LogP) is 22.6. The van der Waals surface area contributed by atoms with Crippen molar-refractivity contribution in [2.24, 2.45) is 0 Å². The van der Waals surface area contributed by atoms with E-state index in [0.717, 1.165) is 109 Å². The molecule has 0 saturated carbocycles. The lowest BCUT2D eigenvalue weighted by Crippen LogP contribution is -2.30. The zero-order chi connectivity index (χ0) is 56.4. The molecule has 0 spiro atoms. The molecule has 0 aromatic heterocycles. The summed E-state index contributed by atoms with van der Waals surface area (Å²) in [5, 5.41) is 0. The van der Waals surface area contributed by atoms with Crippen LogP contribution in [0.15, 0.2) is 109 Å². The van der Waals surface area contributed by atoms with Crippen molar-refractivity contribution in [2.75, 3.05) is 13.2 Å². The van der Waals surface area contributed by atoms with E-state index in [1.165, 1.54) is 161 Å². The summed E-state index contributed by atoms with van der Waals surface area (Å²) in [7, 11) is 0. The highest BCUT2D eigenvalue weighted by atomic mass is 16.6. The zero-order valence-corrected chi connectivity index (χ0v) is 51.2. The molecule has 0 heterocycles. The highest BCUT2D eigenvalue weighted by Gasteiger charge is 2.19. The third-order valence-corrected chi connectivity index (χ3v) is 14.1. The summed E-state index contributed by atoms with van der Waals surface area (Å²) in [5.74, 6) is -1.05. The Balaban J connectivity index is 4.37. The molecule has 0 aliphatic rings. The highest BCUT2D eigenvalue weighted by Crippen LogP contribution is 2.17. The number of ether oxygens (including phenoxy) is 3. The van der Waals surface area contributed by atoms with E-state index in [4.69, 9.17) is 14.2 Å². The predicted molar refractivity (Wildman–Crippen MR) is 339 cm³/mol. The fourth-order valence-corrected chi connectivity index (χ4v) is 9.22. The van der Waals surface area contributed by atoms with Gasteiger partial charge in [-0.05, 0) is 83.5 Å². The second-order valence-corrected chi connectivity index (χ2v) is 21.6. The molecule has 0 N–H and O–H groups in total. The molecule has 0 aromatic carbocycles. The Labute approximate surface area is 482 Å². The molecule has 0 bridgehead atoms. The van der Waals surface area contributed by atoms with Gasteiger partial charge in [-0.3, -0.25) is 14.4 Å². The molecular weight excluding hydrogens is 961 g/mol. The average Bonchev–Trinajstić information content (AvgIpc) is 3.44. The van der Waals surface area contributed by atoms with E-state index in [0.29, 0.717) is 12.8 Å². The van der Waals surface area contributed by atoms with E-state index in [-0.39, 0.29) is 31.6 Å². The minimum absolute atomic E-state index is 0.113. The highest BCUT2D eigenvalue weighted by molar-refractivity contribution is 5.72. The molecule has 1 unspecified atom stereocenters. The van der Waals surface area contributed by atoms with Gasteiger partial charge in [-0.25, -0.2) is 0 Å². The van der Waals surface area contributed by atoms with Gasteiger partial charge in [0.25, 0.3) is 0 Å². The Morgan fingerprint density at radius 3 is 0.897 bits per heavy atom. The molecule has 0 fully saturated rings. The summed E-state index contributed by atoms with van der Waals surface area (Å²) in [6.07, 6.45) is 90.0. The Morgan fingerprint density at radius 2 is 0.551 bits per heavy atom. The van der Waals surface area contributed by atoms with Crippen molar-refractivity contribution in [2.45, 2.75) is 316 Å². The summed E-state index contributed by atoms with van der Waals surface area (Å²) in [4.78, 5) is 38.3. The maximum Gasteiger partial charge on any atom is 0.309 e. The average molecular weight is 1080 g/mol. The number of hydrogen-bond donors (Lipinski definition) is 0. The van der Waals surface area contributed by atoms with Gasteiger partial charge >= 0.3 is 17.9 Å². The van der Waals surface area contributed by atoms with Crippen LogP contribution in [0.25, 0.3) is 0 Å². The number of carbonyl (C=O) groups excluding carboxylic acids is 3. The number of unbranched alkanes of at least 4 members (excludes halogenated alkanes) is 31. The van der Waals surface area contributed by atoms with Crippen molar-refractivity contribution in [1.82, 2.24) is 0 Å². The molecule has 446 valence electrons. The summed E-state index contributed by atoms with van der Waals surface area (Å²) in [6, 6.07) is 0. The first kappa shape index (κ1) is 74.1. The smallest absolute Gasteiger partial charge is 0.309 e. The van der Waals surface area contributed by atoms with Crippen molar-refractivity contribution in [3.8, 4) is 0 Å². The minimum Gasteiger partial charge on any atom is -0.462 e. The lowest BCUT2D eigenvalue weighted by molar-refractivity contribution is -0.166. The van der Waals surface area contributed by atoms with Crippen LogP contribution >= 0.6 is 0 Å². The molecule has 0 amide bonds. The van der Waals surface area contributed by atoms with Gasteiger partial charge < -0.3 is 14.2 Å². The monoisotopic (exact) mass is 1080 g/mol. The maximum atomic E-state index is 12.9. The van der Waals surface area contributed by atoms with Gasteiger partial charge in [0.15, 0.2) is 6.10 Å². The van der Waals surface area contributed by atoms with Gasteiger partial charge in [-0.2, -0.15) is 0 Å². The van der Waals surface area contributed by atoms with Gasteiger partial charge in [0, 0.05) is 12.8 Å². The molecule has 6 heteroatoms. The summed E-state index contributed by atoms with van der Waals surface area (Å²) in [5.41, 5.74) is 0. The van der Waals surface area contributed by atoms with E-state index >= 15 is 0 Å². The summed E-state index contributed by atoms with van der Waals surface area (Å²) in [6.45, 7) is 6.35. The van der Waals surface area contributed by atoms with Crippen molar-refractivity contribution in [3.05, 3.63) is 109 Å². The SMILES string of the molecule is CC/C=C\C/C=C\C/C=C\C/C=C\C/C=C\CC(=O)OCC(COC(=O)CCCCCCCCCCCCCCCCCCCCCCCCCCCC)OC(=O)CCCCCCCC/C=C\C/C=C\C/C=C\C/C=C\CC. The van der Waals surface area contributed by atoms with Crippen LogP contribution in [0.4, 0.5) is 0 Å². The Bertz CT molecular complexity index is 1570. The quantitative estimate of drug-likeness (QED) is 0.0261. The van der Waals surface area contributed by atoms with Crippen molar-refractivity contribution >= 4 is 17.9 Å². The summed E-state index contributed by atoms with van der Waals surface area (Å²) >= 11 is 0. The molecule has 6 nitrogen and oxygen atoms in total. The molecular formula is C72H122O6. The van der Waals surface area contributed by atoms with E-state index < -0.39 is 12.1 Å². The van der Waals surface area contributed by atoms with Crippen LogP contribution in [0.5, 0.6) is 0 Å². The van der Waals surface area contributed by atoms with Crippen LogP contribution < -0.4 is 0 Å². The molecule has 0 aromatic rings. The topological polar surface area (TPSA) is 78.9 Å². The van der Waals surface area contributed by atoms with E-state index in [1.54, 1.807) is 6.08 Å². The maximum absolute atomic E-state index is 12.9. The molecule has 0 saturated heterocycles.